The van der Waals surface area contributed by atoms with E-state index in [-0.39, 0.29) is 22.3 Å². The number of anilines is 1. The van der Waals surface area contributed by atoms with E-state index in [9.17, 15) is 18.0 Å². The van der Waals surface area contributed by atoms with Crippen molar-refractivity contribution in [2.75, 3.05) is 12.4 Å². The minimum Gasteiger partial charge on any atom is -0.449 e. The van der Waals surface area contributed by atoms with Crippen LogP contribution >= 0.6 is 0 Å². The average Bonchev–Trinajstić information content (AvgIpc) is 3.05. The second-order valence-corrected chi connectivity index (χ2v) is 8.50. The van der Waals surface area contributed by atoms with Crippen LogP contribution in [0.5, 0.6) is 0 Å². The fourth-order valence-corrected chi connectivity index (χ4v) is 3.58. The number of hydrogen-bond acceptors (Lipinski definition) is 7. The molecule has 152 valence electrons. The lowest BCUT2D eigenvalue weighted by Crippen LogP contribution is -2.33. The molecule has 2 rings (SSSR count). The van der Waals surface area contributed by atoms with Gasteiger partial charge in [-0.25, -0.2) is 13.2 Å². The first-order chi connectivity index (χ1) is 13.0. The maximum atomic E-state index is 12.6. The summed E-state index contributed by atoms with van der Waals surface area (Å²) in [5, 5.41) is 6.08. The molecule has 28 heavy (non-hydrogen) atoms. The Hall–Kier alpha value is -2.72. The van der Waals surface area contributed by atoms with Crippen molar-refractivity contribution in [1.29, 1.82) is 0 Å². The highest BCUT2D eigenvalue weighted by Crippen LogP contribution is 2.19. The Bertz CT molecular complexity index is 967. The number of nitrogens with one attached hydrogen (secondary N) is 1. The molecule has 1 N–H and O–H groups in total. The van der Waals surface area contributed by atoms with Gasteiger partial charge in [0.2, 0.25) is 10.0 Å². The first-order valence-electron chi connectivity index (χ1n) is 8.55. The maximum Gasteiger partial charge on any atom is 0.338 e. The van der Waals surface area contributed by atoms with Crippen LogP contribution in [0, 0.1) is 6.92 Å². The largest absolute Gasteiger partial charge is 0.449 e. The van der Waals surface area contributed by atoms with Crippen LogP contribution in [-0.2, 0) is 19.6 Å². The minimum atomic E-state index is -3.75. The van der Waals surface area contributed by atoms with Crippen LogP contribution in [0.15, 0.2) is 39.8 Å². The van der Waals surface area contributed by atoms with Crippen molar-refractivity contribution in [2.45, 2.75) is 44.7 Å². The molecule has 1 aromatic heterocycles. The van der Waals surface area contributed by atoms with Crippen LogP contribution in [-0.4, -0.2) is 48.9 Å². The number of carbonyl (C=O) groups excluding carboxylic acids is 2. The molecule has 0 aliphatic carbocycles. The quantitative estimate of drug-likeness (QED) is 0.696. The van der Waals surface area contributed by atoms with Crippen LogP contribution in [0.4, 0.5) is 5.82 Å². The van der Waals surface area contributed by atoms with Gasteiger partial charge in [0.15, 0.2) is 11.9 Å². The summed E-state index contributed by atoms with van der Waals surface area (Å²) < 4.78 is 36.3. The highest BCUT2D eigenvalue weighted by Gasteiger charge is 2.25. The van der Waals surface area contributed by atoms with Crippen molar-refractivity contribution in [3.63, 3.8) is 0 Å². The Kier molecular flexibility index (Phi) is 6.57. The van der Waals surface area contributed by atoms with Crippen molar-refractivity contribution in [1.82, 2.24) is 9.46 Å². The number of carbonyl (C=O) groups is 2. The summed E-state index contributed by atoms with van der Waals surface area (Å²) in [6.07, 6.45) is -1.12. The number of benzene rings is 1. The Morgan fingerprint density at radius 3 is 2.46 bits per heavy atom. The van der Waals surface area contributed by atoms with E-state index in [1.165, 1.54) is 48.6 Å². The molecule has 1 amide bonds. The molecular formula is C18H23N3O6S. The molecule has 1 heterocycles. The zero-order valence-electron chi connectivity index (χ0n) is 16.3. The Morgan fingerprint density at radius 1 is 1.21 bits per heavy atom. The van der Waals surface area contributed by atoms with Crippen LogP contribution in [0.3, 0.4) is 0 Å². The predicted molar refractivity (Wildman–Crippen MR) is 101 cm³/mol. The number of esters is 1. The second kappa shape index (κ2) is 8.53. The van der Waals surface area contributed by atoms with Gasteiger partial charge in [0.25, 0.3) is 5.91 Å². The Labute approximate surface area is 163 Å². The standard InChI is InChI=1S/C18H23N3O6S/c1-11(2)21(5)28(24,25)15-8-6-7-14(10-15)18(23)26-13(4)17(22)19-16-9-12(3)27-20-16/h6-11,13H,1-5H3,(H,19,20,22)/t13-/m1/s1. The van der Waals surface area contributed by atoms with Gasteiger partial charge in [-0.2, -0.15) is 4.31 Å². The number of aryl methyl sites for hydroxylation is 1. The molecule has 0 unspecified atom stereocenters. The Balaban J connectivity index is 2.11. The van der Waals surface area contributed by atoms with Gasteiger partial charge >= 0.3 is 5.97 Å². The molecule has 0 aliphatic heterocycles. The summed E-state index contributed by atoms with van der Waals surface area (Å²) in [5.41, 5.74) is 0.0233. The lowest BCUT2D eigenvalue weighted by molar-refractivity contribution is -0.123. The molecule has 0 saturated heterocycles. The van der Waals surface area contributed by atoms with Gasteiger partial charge in [-0.1, -0.05) is 11.2 Å². The number of rotatable bonds is 7. The third kappa shape index (κ3) is 4.96. The number of nitrogens with zero attached hydrogens (tertiary/aromatic N) is 2. The molecule has 0 aliphatic rings. The monoisotopic (exact) mass is 409 g/mol. The average molecular weight is 409 g/mol. The first-order valence-corrected chi connectivity index (χ1v) is 9.99. The second-order valence-electron chi connectivity index (χ2n) is 6.50. The fourth-order valence-electron chi connectivity index (χ4n) is 2.16. The van der Waals surface area contributed by atoms with Crippen LogP contribution in [0.2, 0.25) is 0 Å². The summed E-state index contributed by atoms with van der Waals surface area (Å²) in [6, 6.07) is 6.76. The van der Waals surface area contributed by atoms with Crippen molar-refractivity contribution in [3.05, 3.63) is 41.7 Å². The van der Waals surface area contributed by atoms with Gasteiger partial charge in [-0.15, -0.1) is 0 Å². The van der Waals surface area contributed by atoms with Gasteiger partial charge < -0.3 is 14.6 Å². The molecule has 0 fully saturated rings. The zero-order valence-corrected chi connectivity index (χ0v) is 17.1. The molecular weight excluding hydrogens is 386 g/mol. The first kappa shape index (κ1) is 21.6. The number of amides is 1. The van der Waals surface area contributed by atoms with E-state index >= 15 is 0 Å². The number of hydrogen-bond donors (Lipinski definition) is 1. The third-order valence-corrected chi connectivity index (χ3v) is 6.04. The van der Waals surface area contributed by atoms with Crippen molar-refractivity contribution < 1.29 is 27.3 Å². The smallest absolute Gasteiger partial charge is 0.338 e. The molecule has 1 aromatic carbocycles. The van der Waals surface area contributed by atoms with Gasteiger partial charge in [0, 0.05) is 19.2 Å². The topological polar surface area (TPSA) is 119 Å². The maximum absolute atomic E-state index is 12.6. The third-order valence-electron chi connectivity index (χ3n) is 4.01. The van der Waals surface area contributed by atoms with Crippen LogP contribution in [0.25, 0.3) is 0 Å². The van der Waals surface area contributed by atoms with E-state index in [0.29, 0.717) is 5.76 Å². The number of aromatic nitrogens is 1. The van der Waals surface area contributed by atoms with Gasteiger partial charge in [-0.3, -0.25) is 4.79 Å². The van der Waals surface area contributed by atoms with Gasteiger partial charge in [-0.05, 0) is 45.9 Å². The van der Waals surface area contributed by atoms with Crippen molar-refractivity contribution in [3.8, 4) is 0 Å². The zero-order chi connectivity index (χ0) is 21.1. The van der Waals surface area contributed by atoms with Crippen LogP contribution < -0.4 is 5.32 Å². The van der Waals surface area contributed by atoms with E-state index in [1.54, 1.807) is 20.8 Å². The van der Waals surface area contributed by atoms with E-state index in [0.717, 1.165) is 0 Å². The number of sulfonamides is 1. The molecule has 0 spiro atoms. The van der Waals surface area contributed by atoms with E-state index in [4.69, 9.17) is 9.26 Å². The molecule has 0 bridgehead atoms. The summed E-state index contributed by atoms with van der Waals surface area (Å²) in [6.45, 7) is 6.55. The lowest BCUT2D eigenvalue weighted by Gasteiger charge is -2.21. The minimum absolute atomic E-state index is 0.0233. The highest BCUT2D eigenvalue weighted by atomic mass is 32.2. The highest BCUT2D eigenvalue weighted by molar-refractivity contribution is 7.89. The van der Waals surface area contributed by atoms with Gasteiger partial charge in [0.05, 0.1) is 10.5 Å². The van der Waals surface area contributed by atoms with Crippen LogP contribution in [0.1, 0.15) is 36.9 Å². The van der Waals surface area contributed by atoms with Gasteiger partial charge in [0.1, 0.15) is 5.76 Å². The van der Waals surface area contributed by atoms with E-state index in [1.807, 2.05) is 0 Å². The molecule has 9 nitrogen and oxygen atoms in total. The van der Waals surface area contributed by atoms with Crippen molar-refractivity contribution >= 4 is 27.7 Å². The molecule has 1 atom stereocenters. The molecule has 2 aromatic rings. The number of ether oxygens (including phenoxy) is 1. The Morgan fingerprint density at radius 2 is 1.89 bits per heavy atom. The summed E-state index contributed by atoms with van der Waals surface area (Å²) in [4.78, 5) is 24.4. The summed E-state index contributed by atoms with van der Waals surface area (Å²) in [7, 11) is -2.29. The van der Waals surface area contributed by atoms with Crippen molar-refractivity contribution in [2.24, 2.45) is 0 Å². The molecule has 0 saturated carbocycles. The van der Waals surface area contributed by atoms with E-state index < -0.39 is 28.0 Å². The molecule has 10 heteroatoms. The molecule has 0 radical (unpaired) electrons. The normalized spacial score (nSPS) is 12.8. The fraction of sp³-hybridized carbons (Fsp3) is 0.389. The summed E-state index contributed by atoms with van der Waals surface area (Å²) in [5.74, 6) is -0.687. The SMILES string of the molecule is Cc1cc(NC(=O)[C@@H](C)OC(=O)c2cccc(S(=O)(=O)N(C)C(C)C)c2)no1. The summed E-state index contributed by atoms with van der Waals surface area (Å²) >= 11 is 0. The predicted octanol–water partition coefficient (Wildman–Crippen LogP) is 2.20. The lowest BCUT2D eigenvalue weighted by atomic mass is 10.2. The van der Waals surface area contributed by atoms with E-state index in [2.05, 4.69) is 10.5 Å².